The molecular formula is C21H29N3O4. The van der Waals surface area contributed by atoms with Crippen LogP contribution in [-0.4, -0.2) is 72.5 Å². The largest absolute Gasteiger partial charge is 0.491 e. The fraction of sp³-hybridized carbons (Fsp3) is 0.619. The van der Waals surface area contributed by atoms with E-state index >= 15 is 0 Å². The number of rotatable bonds is 6. The van der Waals surface area contributed by atoms with Crippen molar-refractivity contribution in [3.8, 4) is 11.8 Å². The molecule has 28 heavy (non-hydrogen) atoms. The molecule has 2 aliphatic rings. The Morgan fingerprint density at radius 1 is 1.21 bits per heavy atom. The molecule has 1 aromatic rings. The normalized spacial score (nSPS) is 23.2. The second-order valence-electron chi connectivity index (χ2n) is 8.12. The molecule has 7 nitrogen and oxygen atoms in total. The highest BCUT2D eigenvalue weighted by Gasteiger charge is 2.37. The average Bonchev–Trinajstić information content (AvgIpc) is 2.65. The van der Waals surface area contributed by atoms with Crippen LogP contribution in [0.5, 0.6) is 5.75 Å². The van der Waals surface area contributed by atoms with Gasteiger partial charge in [-0.1, -0.05) is 0 Å². The molecule has 7 heteroatoms. The number of carbonyl (C=O) groups is 1. The monoisotopic (exact) mass is 387 g/mol. The zero-order chi connectivity index (χ0) is 20.1. The van der Waals surface area contributed by atoms with Crippen LogP contribution in [0.4, 0.5) is 4.79 Å². The second-order valence-corrected chi connectivity index (χ2v) is 8.12. The van der Waals surface area contributed by atoms with Gasteiger partial charge in [0.2, 0.25) is 0 Å². The van der Waals surface area contributed by atoms with E-state index in [0.29, 0.717) is 29.7 Å². The van der Waals surface area contributed by atoms with E-state index in [1.165, 1.54) is 0 Å². The number of nitrogens with zero attached hydrogens (tertiary/aromatic N) is 3. The standard InChI is InChI=1S/C21H29N3O4/c1-15(2)28-21(26)24-11-17-7-18(12-24)10-23(9-17)13-19(25)14-27-20-5-3-16(8-22)4-6-20/h3-6,15,17-19,25H,7,9-14H2,1-2H3/t17?,18?,19-/m0/s1. The molecule has 0 aromatic heterocycles. The van der Waals surface area contributed by atoms with E-state index in [-0.39, 0.29) is 18.8 Å². The summed E-state index contributed by atoms with van der Waals surface area (Å²) in [7, 11) is 0. The van der Waals surface area contributed by atoms with Crippen LogP contribution in [0.1, 0.15) is 25.8 Å². The number of ether oxygens (including phenoxy) is 2. The van der Waals surface area contributed by atoms with E-state index < -0.39 is 6.10 Å². The number of aliphatic hydroxyl groups excluding tert-OH is 1. The van der Waals surface area contributed by atoms with Gasteiger partial charge >= 0.3 is 6.09 Å². The number of hydrogen-bond donors (Lipinski definition) is 1. The van der Waals surface area contributed by atoms with Gasteiger partial charge in [-0.2, -0.15) is 5.26 Å². The number of benzene rings is 1. The summed E-state index contributed by atoms with van der Waals surface area (Å²) in [6.45, 7) is 7.68. The second kappa shape index (κ2) is 9.26. The third-order valence-corrected chi connectivity index (χ3v) is 5.15. The van der Waals surface area contributed by atoms with Crippen molar-refractivity contribution in [2.24, 2.45) is 11.8 Å². The number of likely N-dealkylation sites (tertiary alicyclic amines) is 2. The van der Waals surface area contributed by atoms with Crippen LogP contribution in [0.2, 0.25) is 0 Å². The maximum absolute atomic E-state index is 12.2. The van der Waals surface area contributed by atoms with Crippen molar-refractivity contribution in [1.29, 1.82) is 5.26 Å². The molecule has 1 amide bonds. The molecule has 1 aromatic carbocycles. The van der Waals surface area contributed by atoms with Crippen molar-refractivity contribution in [2.75, 3.05) is 39.3 Å². The van der Waals surface area contributed by atoms with E-state index in [0.717, 1.165) is 32.6 Å². The first kappa shape index (κ1) is 20.4. The third-order valence-electron chi connectivity index (χ3n) is 5.15. The smallest absolute Gasteiger partial charge is 0.410 e. The number of carbonyl (C=O) groups excluding carboxylic acids is 1. The summed E-state index contributed by atoms with van der Waals surface area (Å²) in [6.07, 6.45) is 0.224. The molecule has 1 N–H and O–H groups in total. The quantitative estimate of drug-likeness (QED) is 0.804. The van der Waals surface area contributed by atoms with Gasteiger partial charge in [-0.15, -0.1) is 0 Å². The first-order valence-corrected chi connectivity index (χ1v) is 9.92. The van der Waals surface area contributed by atoms with Crippen molar-refractivity contribution in [3.05, 3.63) is 29.8 Å². The Kier molecular flexibility index (Phi) is 6.76. The van der Waals surface area contributed by atoms with E-state index in [4.69, 9.17) is 14.7 Å². The number of fused-ring (bicyclic) bond motifs is 2. The Morgan fingerprint density at radius 3 is 2.43 bits per heavy atom. The lowest BCUT2D eigenvalue weighted by atomic mass is 9.84. The molecule has 0 radical (unpaired) electrons. The molecule has 0 saturated carbocycles. The maximum atomic E-state index is 12.2. The first-order valence-electron chi connectivity index (χ1n) is 9.92. The summed E-state index contributed by atoms with van der Waals surface area (Å²) < 4.78 is 11.0. The summed E-state index contributed by atoms with van der Waals surface area (Å²) in [6, 6.07) is 8.94. The van der Waals surface area contributed by atoms with E-state index in [1.54, 1.807) is 24.3 Å². The molecule has 0 spiro atoms. The van der Waals surface area contributed by atoms with Crippen molar-refractivity contribution < 1.29 is 19.4 Å². The van der Waals surface area contributed by atoms with E-state index in [1.807, 2.05) is 18.7 Å². The van der Waals surface area contributed by atoms with Gasteiger partial charge in [-0.3, -0.25) is 4.90 Å². The van der Waals surface area contributed by atoms with Crippen molar-refractivity contribution in [1.82, 2.24) is 9.80 Å². The maximum Gasteiger partial charge on any atom is 0.410 e. The summed E-state index contributed by atoms with van der Waals surface area (Å²) in [5, 5.41) is 19.2. The van der Waals surface area contributed by atoms with E-state index in [2.05, 4.69) is 11.0 Å². The lowest BCUT2D eigenvalue weighted by Crippen LogP contribution is -2.55. The van der Waals surface area contributed by atoms with Crippen LogP contribution in [0.25, 0.3) is 0 Å². The fourth-order valence-electron chi connectivity index (χ4n) is 4.13. The van der Waals surface area contributed by atoms with Crippen LogP contribution in [-0.2, 0) is 4.74 Å². The van der Waals surface area contributed by atoms with Crippen LogP contribution < -0.4 is 4.74 Å². The Morgan fingerprint density at radius 2 is 1.86 bits per heavy atom. The molecule has 2 saturated heterocycles. The molecule has 2 fully saturated rings. The van der Waals surface area contributed by atoms with Gasteiger partial charge in [0.05, 0.1) is 17.7 Å². The summed E-state index contributed by atoms with van der Waals surface area (Å²) in [4.78, 5) is 16.3. The van der Waals surface area contributed by atoms with Gasteiger partial charge < -0.3 is 19.5 Å². The minimum absolute atomic E-state index is 0.1000. The Balaban J connectivity index is 1.44. The number of aliphatic hydroxyl groups is 1. The molecule has 0 aliphatic carbocycles. The molecule has 3 rings (SSSR count). The van der Waals surface area contributed by atoms with Gasteiger partial charge in [-0.05, 0) is 56.4 Å². The molecule has 152 valence electrons. The number of β-amino-alcohol motifs (C(OH)–C–C–N with tert-alkyl or cyclic N) is 1. The van der Waals surface area contributed by atoms with Crippen LogP contribution in [0.3, 0.4) is 0 Å². The summed E-state index contributed by atoms with van der Waals surface area (Å²) >= 11 is 0. The summed E-state index contributed by atoms with van der Waals surface area (Å²) in [5.74, 6) is 1.48. The fourth-order valence-corrected chi connectivity index (χ4v) is 4.13. The molecule has 2 bridgehead atoms. The van der Waals surface area contributed by atoms with Crippen LogP contribution >= 0.6 is 0 Å². The Hall–Kier alpha value is -2.30. The molecule has 3 atom stereocenters. The van der Waals surface area contributed by atoms with Crippen molar-refractivity contribution in [3.63, 3.8) is 0 Å². The lowest BCUT2D eigenvalue weighted by Gasteiger charge is -2.45. The number of piperidine rings is 2. The lowest BCUT2D eigenvalue weighted by molar-refractivity contribution is -0.00581. The van der Waals surface area contributed by atoms with Gasteiger partial charge in [-0.25, -0.2) is 4.79 Å². The zero-order valence-electron chi connectivity index (χ0n) is 16.6. The molecule has 2 heterocycles. The predicted octanol–water partition coefficient (Wildman–Crippen LogP) is 2.10. The number of nitriles is 1. The highest BCUT2D eigenvalue weighted by Crippen LogP contribution is 2.29. The zero-order valence-corrected chi connectivity index (χ0v) is 16.6. The first-order chi connectivity index (χ1) is 13.4. The molecule has 2 unspecified atom stereocenters. The number of hydrogen-bond acceptors (Lipinski definition) is 6. The average molecular weight is 387 g/mol. The minimum atomic E-state index is -0.587. The Bertz CT molecular complexity index is 687. The van der Waals surface area contributed by atoms with Gasteiger partial charge in [0.1, 0.15) is 18.5 Å². The van der Waals surface area contributed by atoms with Gasteiger partial charge in [0.15, 0.2) is 0 Å². The van der Waals surface area contributed by atoms with Crippen LogP contribution in [0, 0.1) is 23.2 Å². The van der Waals surface area contributed by atoms with Crippen molar-refractivity contribution >= 4 is 6.09 Å². The van der Waals surface area contributed by atoms with Crippen molar-refractivity contribution in [2.45, 2.75) is 32.5 Å². The topological polar surface area (TPSA) is 86.0 Å². The summed E-state index contributed by atoms with van der Waals surface area (Å²) in [5.41, 5.74) is 0.582. The van der Waals surface area contributed by atoms with Crippen LogP contribution in [0.15, 0.2) is 24.3 Å². The third kappa shape index (κ3) is 5.60. The van der Waals surface area contributed by atoms with Gasteiger partial charge in [0.25, 0.3) is 0 Å². The number of amides is 1. The Labute approximate surface area is 166 Å². The van der Waals surface area contributed by atoms with E-state index in [9.17, 15) is 9.90 Å². The SMILES string of the molecule is CC(C)OC(=O)N1CC2CC(CN(C[C@H](O)COc3ccc(C#N)cc3)C2)C1. The molecule has 2 aliphatic heterocycles. The minimum Gasteiger partial charge on any atom is -0.491 e. The highest BCUT2D eigenvalue weighted by atomic mass is 16.6. The predicted molar refractivity (Wildman–Crippen MR) is 104 cm³/mol. The molecular weight excluding hydrogens is 358 g/mol. The highest BCUT2D eigenvalue weighted by molar-refractivity contribution is 5.68. The van der Waals surface area contributed by atoms with Gasteiger partial charge in [0, 0.05) is 32.7 Å².